The van der Waals surface area contributed by atoms with E-state index in [0.717, 1.165) is 50.5 Å². The third-order valence-electron chi connectivity index (χ3n) is 5.87. The molecule has 0 aromatic heterocycles. The van der Waals surface area contributed by atoms with Gasteiger partial charge in [0.2, 0.25) is 5.91 Å². The van der Waals surface area contributed by atoms with Crippen molar-refractivity contribution >= 4 is 11.9 Å². The van der Waals surface area contributed by atoms with Gasteiger partial charge in [-0.3, -0.25) is 9.69 Å². The Kier molecular flexibility index (Phi) is 7.96. The average molecular weight is 460 g/mol. The summed E-state index contributed by atoms with van der Waals surface area (Å²) in [5, 5.41) is 7.12. The van der Waals surface area contributed by atoms with Gasteiger partial charge in [-0.05, 0) is 30.5 Å². The number of amides is 1. The number of nitrogens with zero attached hydrogens (tertiary/aromatic N) is 2. The fourth-order valence-corrected chi connectivity index (χ4v) is 4.18. The Bertz CT molecular complexity index is 783. The van der Waals surface area contributed by atoms with Crippen molar-refractivity contribution in [1.29, 1.82) is 0 Å². The van der Waals surface area contributed by atoms with Crippen molar-refractivity contribution in [2.75, 3.05) is 40.0 Å². The lowest BCUT2D eigenvalue weighted by Gasteiger charge is -2.37. The Labute approximate surface area is 183 Å². The highest BCUT2D eigenvalue weighted by atomic mass is 19.4. The minimum Gasteiger partial charge on any atom is -0.497 e. The number of aliphatic carboxylic acids is 1. The van der Waals surface area contributed by atoms with Gasteiger partial charge in [-0.2, -0.15) is 13.2 Å². The van der Waals surface area contributed by atoms with Crippen LogP contribution in [0.4, 0.5) is 13.2 Å². The Morgan fingerprint density at radius 2 is 1.81 bits per heavy atom. The highest BCUT2D eigenvalue weighted by Gasteiger charge is 2.44. The second-order valence-electron chi connectivity index (χ2n) is 7.89. The molecule has 8 nitrogen and oxygen atoms in total. The average Bonchev–Trinajstić information content (AvgIpc) is 3.21. The normalized spacial score (nSPS) is 24.5. The van der Waals surface area contributed by atoms with Gasteiger partial charge in [-0.25, -0.2) is 4.79 Å². The van der Waals surface area contributed by atoms with Crippen LogP contribution in [-0.4, -0.2) is 91.2 Å². The number of carboxylic acids is 1. The SMILES string of the molecule is COc1ccc(CN2C(=O)CO[C@@H]3CN(C4CCOCC4)C[C@H]32)cc1.O=C(O)C(F)(F)F. The largest absolute Gasteiger partial charge is 0.497 e. The molecule has 11 heteroatoms. The molecule has 2 atom stereocenters. The number of rotatable bonds is 4. The van der Waals surface area contributed by atoms with Crippen LogP contribution in [0.15, 0.2) is 24.3 Å². The third kappa shape index (κ3) is 6.11. The number of halogens is 3. The maximum absolute atomic E-state index is 12.5. The molecular weight excluding hydrogens is 433 g/mol. The van der Waals surface area contributed by atoms with Gasteiger partial charge in [-0.15, -0.1) is 0 Å². The Morgan fingerprint density at radius 3 is 2.38 bits per heavy atom. The van der Waals surface area contributed by atoms with E-state index in [0.29, 0.717) is 12.6 Å². The zero-order valence-electron chi connectivity index (χ0n) is 17.7. The van der Waals surface area contributed by atoms with Crippen LogP contribution in [-0.2, 0) is 25.6 Å². The van der Waals surface area contributed by atoms with E-state index < -0.39 is 12.1 Å². The number of carbonyl (C=O) groups is 2. The summed E-state index contributed by atoms with van der Waals surface area (Å²) < 4.78 is 48.3. The number of likely N-dealkylation sites (tertiary alicyclic amines) is 1. The number of hydrogen-bond donors (Lipinski definition) is 1. The van der Waals surface area contributed by atoms with E-state index in [9.17, 15) is 18.0 Å². The summed E-state index contributed by atoms with van der Waals surface area (Å²) in [5.41, 5.74) is 1.12. The van der Waals surface area contributed by atoms with Crippen molar-refractivity contribution in [2.24, 2.45) is 0 Å². The van der Waals surface area contributed by atoms with Crippen LogP contribution < -0.4 is 4.74 Å². The first-order valence-corrected chi connectivity index (χ1v) is 10.3. The standard InChI is InChI=1S/C19H26N2O4.C2HF3O2/c1-23-16-4-2-14(3-5-16)10-21-17-11-20(15-6-8-24-9-7-15)12-18(17)25-13-19(21)22;3-2(4,5)1(6)7/h2-5,15,17-18H,6-13H2,1H3;(H,6,7)/t17-,18-;/m1./s1. The molecule has 178 valence electrons. The molecule has 0 saturated carbocycles. The van der Waals surface area contributed by atoms with E-state index in [1.165, 1.54) is 0 Å². The Morgan fingerprint density at radius 1 is 1.19 bits per heavy atom. The molecule has 1 aromatic rings. The fourth-order valence-electron chi connectivity index (χ4n) is 4.18. The molecule has 32 heavy (non-hydrogen) atoms. The van der Waals surface area contributed by atoms with E-state index >= 15 is 0 Å². The molecule has 3 saturated heterocycles. The molecule has 1 aromatic carbocycles. The van der Waals surface area contributed by atoms with Gasteiger partial charge >= 0.3 is 12.1 Å². The van der Waals surface area contributed by atoms with Gasteiger partial charge in [-0.1, -0.05) is 12.1 Å². The molecule has 3 aliphatic heterocycles. The maximum Gasteiger partial charge on any atom is 0.490 e. The summed E-state index contributed by atoms with van der Waals surface area (Å²) in [6.45, 7) is 4.32. The van der Waals surface area contributed by atoms with Gasteiger partial charge in [0, 0.05) is 38.9 Å². The first-order valence-electron chi connectivity index (χ1n) is 10.3. The summed E-state index contributed by atoms with van der Waals surface area (Å²) in [4.78, 5) is 25.9. The van der Waals surface area contributed by atoms with Crippen molar-refractivity contribution < 1.29 is 42.1 Å². The number of carboxylic acid groups (broad SMARTS) is 1. The highest BCUT2D eigenvalue weighted by molar-refractivity contribution is 5.78. The second-order valence-corrected chi connectivity index (χ2v) is 7.89. The molecule has 3 fully saturated rings. The van der Waals surface area contributed by atoms with Crippen molar-refractivity contribution in [3.8, 4) is 5.75 Å². The Hall–Kier alpha value is -2.37. The molecule has 0 aliphatic carbocycles. The van der Waals surface area contributed by atoms with E-state index in [1.807, 2.05) is 29.2 Å². The van der Waals surface area contributed by atoms with Crippen LogP contribution in [0.3, 0.4) is 0 Å². The van der Waals surface area contributed by atoms with Crippen LogP contribution in [0, 0.1) is 0 Å². The fraction of sp³-hybridized carbons (Fsp3) is 0.619. The van der Waals surface area contributed by atoms with E-state index in [4.69, 9.17) is 24.1 Å². The van der Waals surface area contributed by atoms with Gasteiger partial charge < -0.3 is 24.2 Å². The van der Waals surface area contributed by atoms with Crippen molar-refractivity contribution in [3.63, 3.8) is 0 Å². The van der Waals surface area contributed by atoms with Crippen LogP contribution in [0.5, 0.6) is 5.75 Å². The second kappa shape index (κ2) is 10.5. The molecule has 0 spiro atoms. The molecule has 1 amide bonds. The lowest BCUT2D eigenvalue weighted by molar-refractivity contribution is -0.192. The summed E-state index contributed by atoms with van der Waals surface area (Å²) in [6, 6.07) is 8.65. The first kappa shape index (κ1) is 24.3. The quantitative estimate of drug-likeness (QED) is 0.735. The van der Waals surface area contributed by atoms with Crippen LogP contribution in [0.2, 0.25) is 0 Å². The predicted molar refractivity (Wildman–Crippen MR) is 106 cm³/mol. The summed E-state index contributed by atoms with van der Waals surface area (Å²) >= 11 is 0. The smallest absolute Gasteiger partial charge is 0.490 e. The zero-order valence-corrected chi connectivity index (χ0v) is 17.7. The highest BCUT2D eigenvalue weighted by Crippen LogP contribution is 2.29. The minimum absolute atomic E-state index is 0.0888. The van der Waals surface area contributed by atoms with Gasteiger partial charge in [0.25, 0.3) is 0 Å². The van der Waals surface area contributed by atoms with Crippen LogP contribution in [0.1, 0.15) is 18.4 Å². The van der Waals surface area contributed by atoms with Crippen molar-refractivity contribution in [3.05, 3.63) is 29.8 Å². The van der Waals surface area contributed by atoms with Gasteiger partial charge in [0.15, 0.2) is 0 Å². The van der Waals surface area contributed by atoms with Crippen LogP contribution in [0.25, 0.3) is 0 Å². The van der Waals surface area contributed by atoms with Crippen molar-refractivity contribution in [1.82, 2.24) is 9.80 Å². The monoisotopic (exact) mass is 460 g/mol. The lowest BCUT2D eigenvalue weighted by atomic mass is 10.1. The van der Waals surface area contributed by atoms with E-state index in [2.05, 4.69) is 4.90 Å². The molecule has 0 unspecified atom stereocenters. The van der Waals surface area contributed by atoms with E-state index in [1.54, 1.807) is 7.11 Å². The number of methoxy groups -OCH3 is 1. The molecule has 0 bridgehead atoms. The summed E-state index contributed by atoms with van der Waals surface area (Å²) in [7, 11) is 1.66. The van der Waals surface area contributed by atoms with Crippen molar-refractivity contribution in [2.45, 2.75) is 43.8 Å². The number of carbonyl (C=O) groups excluding carboxylic acids is 1. The number of benzene rings is 1. The lowest BCUT2D eigenvalue weighted by Crippen LogP contribution is -2.53. The number of alkyl halides is 3. The topological polar surface area (TPSA) is 88.5 Å². The zero-order chi connectivity index (χ0) is 23.3. The molecule has 4 rings (SSSR count). The summed E-state index contributed by atoms with van der Waals surface area (Å²) in [6.07, 6.45) is -2.81. The summed E-state index contributed by atoms with van der Waals surface area (Å²) in [5.74, 6) is -1.83. The molecular formula is C21H27F3N2O6. The van der Waals surface area contributed by atoms with Gasteiger partial charge in [0.1, 0.15) is 12.4 Å². The minimum atomic E-state index is -5.08. The molecule has 3 aliphatic rings. The third-order valence-corrected chi connectivity index (χ3v) is 5.87. The Balaban J connectivity index is 0.000000360. The predicted octanol–water partition coefficient (Wildman–Crippen LogP) is 1.92. The number of hydrogen-bond acceptors (Lipinski definition) is 6. The van der Waals surface area contributed by atoms with Crippen LogP contribution >= 0.6 is 0 Å². The number of morpholine rings is 1. The molecule has 1 N–H and O–H groups in total. The van der Waals surface area contributed by atoms with Gasteiger partial charge in [0.05, 0.1) is 19.3 Å². The first-order chi connectivity index (χ1) is 15.2. The number of ether oxygens (including phenoxy) is 3. The number of fused-ring (bicyclic) bond motifs is 1. The van der Waals surface area contributed by atoms with E-state index in [-0.39, 0.29) is 24.7 Å². The molecule has 3 heterocycles. The molecule has 0 radical (unpaired) electrons. The maximum atomic E-state index is 12.5.